The number of ether oxygens (including phenoxy) is 1. The zero-order valence-electron chi connectivity index (χ0n) is 19.3. The van der Waals surface area contributed by atoms with Gasteiger partial charge in [0.05, 0.1) is 28.5 Å². The Balaban J connectivity index is 1.61. The molecule has 0 aliphatic carbocycles. The molecule has 34 heavy (non-hydrogen) atoms. The highest BCUT2D eigenvalue weighted by Crippen LogP contribution is 2.34. The van der Waals surface area contributed by atoms with Gasteiger partial charge in [-0.3, -0.25) is 9.69 Å². The van der Waals surface area contributed by atoms with Crippen molar-refractivity contribution in [1.82, 2.24) is 9.47 Å². The number of likely N-dealkylation sites (N-methyl/N-ethyl adjacent to an activating group) is 1. The fraction of sp³-hybridized carbons (Fsp3) is 0.192. The van der Waals surface area contributed by atoms with Crippen LogP contribution in [-0.2, 0) is 9.53 Å². The third-order valence-corrected chi connectivity index (χ3v) is 6.52. The summed E-state index contributed by atoms with van der Waals surface area (Å²) >= 11 is 1.27. The van der Waals surface area contributed by atoms with E-state index in [1.54, 1.807) is 56.4 Å². The number of aliphatic imine (C=N–C) groups is 1. The van der Waals surface area contributed by atoms with Crippen LogP contribution in [0, 0.1) is 19.7 Å². The van der Waals surface area contributed by atoms with E-state index >= 15 is 0 Å². The van der Waals surface area contributed by atoms with Crippen LogP contribution in [0.4, 0.5) is 10.1 Å². The van der Waals surface area contributed by atoms with E-state index in [0.29, 0.717) is 33.6 Å². The minimum atomic E-state index is -0.387. The van der Waals surface area contributed by atoms with Crippen LogP contribution in [0.5, 0.6) is 0 Å². The highest BCUT2D eigenvalue weighted by atomic mass is 32.2. The number of halogens is 1. The summed E-state index contributed by atoms with van der Waals surface area (Å²) in [7, 11) is 1.67. The van der Waals surface area contributed by atoms with Gasteiger partial charge >= 0.3 is 5.97 Å². The molecule has 2 aromatic carbocycles. The third-order valence-electron chi connectivity index (χ3n) is 5.46. The molecule has 0 bridgehead atoms. The Morgan fingerprint density at radius 2 is 1.85 bits per heavy atom. The number of hydrogen-bond donors (Lipinski definition) is 0. The van der Waals surface area contributed by atoms with Gasteiger partial charge in [0.25, 0.3) is 5.91 Å². The van der Waals surface area contributed by atoms with E-state index in [1.165, 1.54) is 22.7 Å². The molecule has 4 rings (SSSR count). The average Bonchev–Trinajstić information content (AvgIpc) is 3.24. The number of aryl methyl sites for hydroxylation is 1. The van der Waals surface area contributed by atoms with Crippen molar-refractivity contribution in [2.75, 3.05) is 13.7 Å². The highest BCUT2D eigenvalue weighted by Gasteiger charge is 2.31. The number of carbonyl (C=O) groups is 2. The number of amidine groups is 1. The fourth-order valence-electron chi connectivity index (χ4n) is 3.73. The van der Waals surface area contributed by atoms with Crippen molar-refractivity contribution >= 4 is 40.6 Å². The lowest BCUT2D eigenvalue weighted by atomic mass is 10.2. The maximum absolute atomic E-state index is 14.4. The van der Waals surface area contributed by atoms with Gasteiger partial charge in [-0.1, -0.05) is 12.1 Å². The van der Waals surface area contributed by atoms with Crippen LogP contribution in [-0.4, -0.2) is 40.2 Å². The van der Waals surface area contributed by atoms with Crippen molar-refractivity contribution < 1.29 is 18.7 Å². The quantitative estimate of drug-likeness (QED) is 0.352. The predicted molar refractivity (Wildman–Crippen MR) is 133 cm³/mol. The lowest BCUT2D eigenvalue weighted by Crippen LogP contribution is -2.23. The molecule has 3 aromatic rings. The zero-order valence-corrected chi connectivity index (χ0v) is 20.1. The fourth-order valence-corrected chi connectivity index (χ4v) is 4.71. The summed E-state index contributed by atoms with van der Waals surface area (Å²) in [6, 6.07) is 15.3. The molecule has 1 amide bonds. The molecular weight excluding hydrogens is 453 g/mol. The largest absolute Gasteiger partial charge is 0.462 e. The van der Waals surface area contributed by atoms with Crippen molar-refractivity contribution in [2.45, 2.75) is 20.8 Å². The van der Waals surface area contributed by atoms with Gasteiger partial charge in [-0.05, 0) is 86.6 Å². The lowest BCUT2D eigenvalue weighted by molar-refractivity contribution is -0.121. The second-order valence-corrected chi connectivity index (χ2v) is 8.76. The number of hydrogen-bond acceptors (Lipinski definition) is 5. The van der Waals surface area contributed by atoms with Gasteiger partial charge in [0, 0.05) is 18.4 Å². The topological polar surface area (TPSA) is 63.9 Å². The SMILES string of the molecule is CCOC(=O)c1ccc(N=C2SC(=Cc3cc(C)n(-c4ccccc4F)c3C)C(=O)N2C)cc1. The minimum Gasteiger partial charge on any atom is -0.462 e. The van der Waals surface area contributed by atoms with Crippen LogP contribution in [0.15, 0.2) is 64.5 Å². The second kappa shape index (κ2) is 9.69. The van der Waals surface area contributed by atoms with Gasteiger partial charge in [0.15, 0.2) is 5.17 Å². The predicted octanol–water partition coefficient (Wildman–Crippen LogP) is 5.64. The Bertz CT molecular complexity index is 1330. The van der Waals surface area contributed by atoms with E-state index in [-0.39, 0.29) is 17.7 Å². The molecule has 1 aliphatic rings. The molecule has 0 N–H and O–H groups in total. The Hall–Kier alpha value is -3.65. The summed E-state index contributed by atoms with van der Waals surface area (Å²) in [5.74, 6) is -0.858. The maximum atomic E-state index is 14.4. The average molecular weight is 478 g/mol. The molecule has 1 fully saturated rings. The Labute approximate surface area is 201 Å². The van der Waals surface area contributed by atoms with Crippen molar-refractivity contribution in [2.24, 2.45) is 4.99 Å². The number of aromatic nitrogens is 1. The molecule has 174 valence electrons. The highest BCUT2D eigenvalue weighted by molar-refractivity contribution is 8.18. The van der Waals surface area contributed by atoms with Crippen LogP contribution < -0.4 is 0 Å². The minimum absolute atomic E-state index is 0.164. The second-order valence-electron chi connectivity index (χ2n) is 7.75. The van der Waals surface area contributed by atoms with Gasteiger partial charge in [0.2, 0.25) is 0 Å². The smallest absolute Gasteiger partial charge is 0.338 e. The summed E-state index contributed by atoms with van der Waals surface area (Å²) in [5, 5.41) is 0.531. The number of esters is 1. The monoisotopic (exact) mass is 477 g/mol. The zero-order chi connectivity index (χ0) is 24.4. The van der Waals surface area contributed by atoms with Crippen LogP contribution in [0.25, 0.3) is 11.8 Å². The number of para-hydroxylation sites is 1. The first-order valence-electron chi connectivity index (χ1n) is 10.8. The van der Waals surface area contributed by atoms with E-state index in [9.17, 15) is 14.0 Å². The maximum Gasteiger partial charge on any atom is 0.338 e. The van der Waals surface area contributed by atoms with E-state index in [4.69, 9.17) is 4.74 Å². The Morgan fingerprint density at radius 3 is 2.53 bits per heavy atom. The van der Waals surface area contributed by atoms with Crippen LogP contribution in [0.2, 0.25) is 0 Å². The molecule has 0 saturated carbocycles. The summed E-state index contributed by atoms with van der Waals surface area (Å²) in [4.78, 5) is 31.3. The normalized spacial score (nSPS) is 16.0. The van der Waals surface area contributed by atoms with Gasteiger partial charge in [-0.25, -0.2) is 14.2 Å². The molecule has 1 aromatic heterocycles. The molecule has 0 radical (unpaired) electrons. The third kappa shape index (κ3) is 4.54. The first-order valence-corrected chi connectivity index (χ1v) is 11.6. The number of carbonyl (C=O) groups excluding carboxylic acids is 2. The summed E-state index contributed by atoms with van der Waals surface area (Å²) in [6.45, 7) is 5.87. The number of amides is 1. The van der Waals surface area contributed by atoms with E-state index < -0.39 is 0 Å². The van der Waals surface area contributed by atoms with Crippen LogP contribution >= 0.6 is 11.8 Å². The molecule has 2 heterocycles. The Kier molecular flexibility index (Phi) is 6.70. The Morgan fingerprint density at radius 1 is 1.15 bits per heavy atom. The molecule has 6 nitrogen and oxygen atoms in total. The van der Waals surface area contributed by atoms with Crippen molar-refractivity contribution in [1.29, 1.82) is 0 Å². The first kappa shape index (κ1) is 23.5. The van der Waals surface area contributed by atoms with Gasteiger partial charge in [-0.2, -0.15) is 0 Å². The molecule has 0 spiro atoms. The van der Waals surface area contributed by atoms with E-state index in [1.807, 2.05) is 30.6 Å². The molecule has 1 aliphatic heterocycles. The van der Waals surface area contributed by atoms with Crippen molar-refractivity contribution in [3.05, 3.63) is 87.8 Å². The molecule has 0 atom stereocenters. The lowest BCUT2D eigenvalue weighted by Gasteiger charge is -2.10. The molecular formula is C26H24FN3O3S. The molecule has 0 unspecified atom stereocenters. The van der Waals surface area contributed by atoms with Crippen LogP contribution in [0.1, 0.15) is 34.2 Å². The molecule has 8 heteroatoms. The van der Waals surface area contributed by atoms with E-state index in [2.05, 4.69) is 4.99 Å². The first-order chi connectivity index (χ1) is 16.3. The van der Waals surface area contributed by atoms with Crippen LogP contribution in [0.3, 0.4) is 0 Å². The number of thioether (sulfide) groups is 1. The molecule has 1 saturated heterocycles. The number of benzene rings is 2. The van der Waals surface area contributed by atoms with Gasteiger partial charge < -0.3 is 9.30 Å². The van der Waals surface area contributed by atoms with Gasteiger partial charge in [-0.15, -0.1) is 0 Å². The number of rotatable bonds is 5. The van der Waals surface area contributed by atoms with Crippen molar-refractivity contribution in [3.63, 3.8) is 0 Å². The summed E-state index contributed by atoms with van der Waals surface area (Å²) < 4.78 is 21.2. The number of nitrogens with zero attached hydrogens (tertiary/aromatic N) is 3. The van der Waals surface area contributed by atoms with Gasteiger partial charge in [0.1, 0.15) is 5.82 Å². The van der Waals surface area contributed by atoms with E-state index in [0.717, 1.165) is 17.0 Å². The standard InChI is InChI=1S/C26H24FN3O3S/c1-5-33-25(32)18-10-12-20(13-11-18)28-26-29(4)24(31)23(34-26)15-19-14-16(2)30(17(19)3)22-9-7-6-8-21(22)27/h6-15H,5H2,1-4H3. The summed E-state index contributed by atoms with van der Waals surface area (Å²) in [6.07, 6.45) is 1.82. The summed E-state index contributed by atoms with van der Waals surface area (Å²) in [5.41, 5.74) is 4.08. The van der Waals surface area contributed by atoms with Crippen molar-refractivity contribution in [3.8, 4) is 5.69 Å².